The van der Waals surface area contributed by atoms with Crippen LogP contribution in [0.25, 0.3) is 33.4 Å². The second-order valence-corrected chi connectivity index (χ2v) is 15.4. The second-order valence-electron chi connectivity index (χ2n) is 15.4. The van der Waals surface area contributed by atoms with Gasteiger partial charge >= 0.3 is 0 Å². The van der Waals surface area contributed by atoms with Gasteiger partial charge in [0, 0.05) is 80.6 Å². The van der Waals surface area contributed by atoms with Crippen LogP contribution in [0.3, 0.4) is 0 Å². The summed E-state index contributed by atoms with van der Waals surface area (Å²) in [6.07, 6.45) is 6.66. The molecule has 3 fully saturated rings. The Morgan fingerprint density at radius 2 is 1.72 bits per heavy atom. The molecule has 0 spiro atoms. The van der Waals surface area contributed by atoms with E-state index in [4.69, 9.17) is 9.72 Å². The van der Waals surface area contributed by atoms with Crippen LogP contribution in [0.4, 0.5) is 14.5 Å². The first-order valence-corrected chi connectivity index (χ1v) is 20.1. The van der Waals surface area contributed by atoms with E-state index in [0.29, 0.717) is 79.2 Å². The van der Waals surface area contributed by atoms with E-state index in [0.717, 1.165) is 10.5 Å². The second kappa shape index (κ2) is 16.3. The van der Waals surface area contributed by atoms with E-state index in [1.54, 1.807) is 47.6 Å². The van der Waals surface area contributed by atoms with Gasteiger partial charge in [0.25, 0.3) is 11.8 Å². The summed E-state index contributed by atoms with van der Waals surface area (Å²) >= 11 is 0. The molecule has 4 aliphatic heterocycles. The molecule has 2 unspecified atom stereocenters. The number of carbonyl (C=O) groups is 5. The van der Waals surface area contributed by atoms with Gasteiger partial charge in [0.05, 0.1) is 59.0 Å². The van der Waals surface area contributed by atoms with Crippen molar-refractivity contribution in [3.63, 3.8) is 0 Å². The highest BCUT2D eigenvalue weighted by molar-refractivity contribution is 6.25. The molecule has 6 heterocycles. The number of hydrogen-bond donors (Lipinski definition) is 3. The average Bonchev–Trinajstić information content (AvgIpc) is 3.85. The molecule has 5 amide bonds. The number of halogens is 2. The fourth-order valence-electron chi connectivity index (χ4n) is 8.51. The Bertz CT molecular complexity index is 2530. The lowest BCUT2D eigenvalue weighted by molar-refractivity contribution is -0.136. The minimum atomic E-state index is -1.07. The first-order valence-electron chi connectivity index (χ1n) is 20.1. The zero-order valence-corrected chi connectivity index (χ0v) is 32.5. The van der Waals surface area contributed by atoms with E-state index in [1.165, 1.54) is 18.2 Å². The maximum Gasteiger partial charge on any atom is 0.264 e. The molecule has 0 bridgehead atoms. The third-order valence-electron chi connectivity index (χ3n) is 11.7. The molecule has 9 rings (SSSR count). The van der Waals surface area contributed by atoms with Crippen molar-refractivity contribution in [3.05, 3.63) is 95.4 Å². The zero-order valence-electron chi connectivity index (χ0n) is 32.5. The molecule has 3 N–H and O–H groups in total. The zero-order chi connectivity index (χ0) is 41.5. The molecule has 4 aliphatic rings. The first kappa shape index (κ1) is 39.0. The van der Waals surface area contributed by atoms with Crippen molar-refractivity contribution in [1.29, 1.82) is 0 Å². The predicted molar refractivity (Wildman–Crippen MR) is 213 cm³/mol. The maximum absolute atomic E-state index is 15.4. The van der Waals surface area contributed by atoms with Crippen molar-refractivity contribution in [2.45, 2.75) is 56.7 Å². The first-order chi connectivity index (χ1) is 29.1. The number of imide groups is 2. The van der Waals surface area contributed by atoms with Gasteiger partial charge in [-0.2, -0.15) is 5.10 Å². The summed E-state index contributed by atoms with van der Waals surface area (Å²) in [5.41, 5.74) is 3.96. The quantitative estimate of drug-likeness (QED) is 0.173. The van der Waals surface area contributed by atoms with E-state index in [9.17, 15) is 24.0 Å². The smallest absolute Gasteiger partial charge is 0.264 e. The molecule has 2 aromatic heterocycles. The number of amides is 5. The highest BCUT2D eigenvalue weighted by Gasteiger charge is 2.45. The predicted octanol–water partition coefficient (Wildman–Crippen LogP) is 4.04. The molecule has 2 atom stereocenters. The van der Waals surface area contributed by atoms with Crippen LogP contribution >= 0.6 is 0 Å². The molecule has 0 aliphatic carbocycles. The Kier molecular flexibility index (Phi) is 10.6. The van der Waals surface area contributed by atoms with Crippen molar-refractivity contribution in [3.8, 4) is 22.4 Å². The standard InChI is InChI=1S/C43H41F2N9O6/c44-31-17-24(18-32(45)30(31)19-27-21-46-13-16-60-27)28-3-1-6-34-40(28)50-35(22-48-34)25-20-49-53(23-25)26-10-14-52(15-11-26)38(56)9-12-47-33-5-2-4-29-39(33)43(59)54(42(29)58)36-7-8-37(55)51-41(36)57/h1-6,17-18,20,22-23,26-27,36,46-47H,7-16,19,21H2,(H,51,55,57). The van der Waals surface area contributed by atoms with Crippen molar-refractivity contribution < 1.29 is 37.5 Å². The number of ether oxygens (including phenoxy) is 1. The number of nitrogens with zero attached hydrogens (tertiary/aromatic N) is 6. The van der Waals surface area contributed by atoms with Crippen molar-refractivity contribution in [2.24, 2.45) is 0 Å². The normalized spacial score (nSPS) is 19.8. The number of hydrogen-bond acceptors (Lipinski definition) is 11. The highest BCUT2D eigenvalue weighted by atomic mass is 19.1. The van der Waals surface area contributed by atoms with E-state index < -0.39 is 41.3 Å². The number of para-hydroxylation sites is 1. The van der Waals surface area contributed by atoms with Gasteiger partial charge in [0.1, 0.15) is 17.7 Å². The van der Waals surface area contributed by atoms with Crippen LogP contribution in [0.5, 0.6) is 0 Å². The summed E-state index contributed by atoms with van der Waals surface area (Å²) in [5, 5.41) is 13.1. The largest absolute Gasteiger partial charge is 0.384 e. The van der Waals surface area contributed by atoms with Crippen LogP contribution < -0.4 is 16.0 Å². The van der Waals surface area contributed by atoms with Crippen LogP contribution in [-0.2, 0) is 25.5 Å². The number of likely N-dealkylation sites (tertiary alicyclic amines) is 1. The Labute approximate surface area is 342 Å². The van der Waals surface area contributed by atoms with Crippen LogP contribution in [0, 0.1) is 11.6 Å². The van der Waals surface area contributed by atoms with E-state index >= 15 is 8.78 Å². The number of benzene rings is 3. The van der Waals surface area contributed by atoms with Gasteiger partial charge < -0.3 is 20.3 Å². The highest BCUT2D eigenvalue weighted by Crippen LogP contribution is 2.34. The molecular weight excluding hydrogens is 777 g/mol. The summed E-state index contributed by atoms with van der Waals surface area (Å²) in [7, 11) is 0. The van der Waals surface area contributed by atoms with E-state index in [1.807, 2.05) is 10.9 Å². The van der Waals surface area contributed by atoms with Crippen molar-refractivity contribution in [2.75, 3.05) is 44.6 Å². The summed E-state index contributed by atoms with van der Waals surface area (Å²) in [4.78, 5) is 76.2. The van der Waals surface area contributed by atoms with Crippen molar-refractivity contribution >= 4 is 46.3 Å². The Hall–Kier alpha value is -6.46. The number of aromatic nitrogens is 4. The van der Waals surface area contributed by atoms with Gasteiger partial charge in [-0.05, 0) is 55.2 Å². The monoisotopic (exact) mass is 817 g/mol. The third kappa shape index (κ3) is 7.49. The van der Waals surface area contributed by atoms with Gasteiger partial charge in [0.2, 0.25) is 17.7 Å². The Balaban J connectivity index is 0.815. The summed E-state index contributed by atoms with van der Waals surface area (Å²) in [6, 6.07) is 11.8. The molecule has 5 aromatic rings. The lowest BCUT2D eigenvalue weighted by Crippen LogP contribution is -2.54. The summed E-state index contributed by atoms with van der Waals surface area (Å²) < 4.78 is 38.3. The molecule has 0 radical (unpaired) electrons. The van der Waals surface area contributed by atoms with Crippen molar-refractivity contribution in [1.82, 2.24) is 40.2 Å². The molecule has 15 nitrogen and oxygen atoms in total. The fraction of sp³-hybridized carbons (Fsp3) is 0.349. The number of rotatable bonds is 10. The van der Waals surface area contributed by atoms with Gasteiger partial charge in [-0.1, -0.05) is 18.2 Å². The minimum Gasteiger partial charge on any atom is -0.384 e. The number of nitrogens with one attached hydrogen (secondary N) is 3. The van der Waals surface area contributed by atoms with E-state index in [-0.39, 0.29) is 67.0 Å². The van der Waals surface area contributed by atoms with Crippen LogP contribution in [-0.4, -0.2) is 111 Å². The number of morpholine rings is 1. The fourth-order valence-corrected chi connectivity index (χ4v) is 8.51. The Morgan fingerprint density at radius 3 is 2.48 bits per heavy atom. The van der Waals surface area contributed by atoms with Crippen LogP contribution in [0.15, 0.2) is 67.1 Å². The summed E-state index contributed by atoms with van der Waals surface area (Å²) in [6.45, 7) is 2.99. The summed E-state index contributed by atoms with van der Waals surface area (Å²) in [5.74, 6) is -3.67. The molecular formula is C43H41F2N9O6. The van der Waals surface area contributed by atoms with Gasteiger partial charge in [-0.3, -0.25) is 43.9 Å². The third-order valence-corrected chi connectivity index (χ3v) is 11.7. The topological polar surface area (TPSA) is 181 Å². The molecule has 0 saturated carbocycles. The number of piperidine rings is 2. The maximum atomic E-state index is 15.4. The minimum absolute atomic E-state index is 0.00823. The lowest BCUT2D eigenvalue weighted by atomic mass is 9.98. The molecule has 3 aromatic carbocycles. The lowest BCUT2D eigenvalue weighted by Gasteiger charge is -2.32. The van der Waals surface area contributed by atoms with Gasteiger partial charge in [-0.15, -0.1) is 0 Å². The molecule has 60 heavy (non-hydrogen) atoms. The number of fused-ring (bicyclic) bond motifs is 2. The van der Waals surface area contributed by atoms with Crippen LogP contribution in [0.1, 0.15) is 64.4 Å². The van der Waals surface area contributed by atoms with Gasteiger partial charge in [0.15, 0.2) is 0 Å². The number of anilines is 1. The Morgan fingerprint density at radius 1 is 0.933 bits per heavy atom. The molecule has 308 valence electrons. The SMILES string of the molecule is O=C1CCC(N2C(=O)c3cccc(NCCC(=O)N4CCC(n5cc(-c6cnc7cccc(-c8cc(F)c(CC9CNCCO9)c(F)c8)c7n6)cn5)CC4)c3C2=O)C(=O)N1. The van der Waals surface area contributed by atoms with Crippen LogP contribution in [0.2, 0.25) is 0 Å². The molecule has 3 saturated heterocycles. The average molecular weight is 818 g/mol. The van der Waals surface area contributed by atoms with E-state index in [2.05, 4.69) is 26.0 Å². The molecule has 17 heteroatoms. The van der Waals surface area contributed by atoms with Gasteiger partial charge in [-0.25, -0.2) is 13.8 Å². The number of carbonyl (C=O) groups excluding carboxylic acids is 5.